The monoisotopic (exact) mass is 694 g/mol. The fraction of sp³-hybridized carbons (Fsp3) is 0.700. The van der Waals surface area contributed by atoms with Gasteiger partial charge in [0.15, 0.2) is 12.4 Å². The van der Waals surface area contributed by atoms with E-state index < -0.39 is 0 Å². The highest BCUT2D eigenvalue weighted by Crippen LogP contribution is 2.33. The third-order valence-electron chi connectivity index (χ3n) is 10.7. The Bertz CT molecular complexity index is 1550. The topological polar surface area (TPSA) is 99.7 Å². The van der Waals surface area contributed by atoms with Gasteiger partial charge in [0.2, 0.25) is 0 Å². The summed E-state index contributed by atoms with van der Waals surface area (Å²) < 4.78 is 32.1. The van der Waals surface area contributed by atoms with Crippen molar-refractivity contribution in [3.8, 4) is 0 Å². The Morgan fingerprint density at radius 3 is 2.32 bits per heavy atom. The van der Waals surface area contributed by atoms with Crippen molar-refractivity contribution in [3.05, 3.63) is 57.1 Å². The average molecular weight is 695 g/mol. The van der Waals surface area contributed by atoms with E-state index in [1.807, 2.05) is 6.92 Å². The van der Waals surface area contributed by atoms with Crippen molar-refractivity contribution in [2.24, 2.45) is 0 Å². The van der Waals surface area contributed by atoms with Crippen LogP contribution in [0.25, 0.3) is 11.0 Å². The molecule has 0 saturated carbocycles. The van der Waals surface area contributed by atoms with Crippen LogP contribution in [0.5, 0.6) is 0 Å². The van der Waals surface area contributed by atoms with Crippen LogP contribution >= 0.6 is 0 Å². The third-order valence-corrected chi connectivity index (χ3v) is 10.7. The molecule has 1 unspecified atom stereocenters. The highest BCUT2D eigenvalue weighted by atomic mass is 19.1. The molecule has 50 heavy (non-hydrogen) atoms. The number of esters is 1. The van der Waals surface area contributed by atoms with Gasteiger partial charge >= 0.3 is 5.97 Å². The molecule has 5 rings (SSSR count). The lowest BCUT2D eigenvalue weighted by molar-refractivity contribution is -0.163. The van der Waals surface area contributed by atoms with Crippen molar-refractivity contribution >= 4 is 16.9 Å². The Kier molecular flexibility index (Phi) is 15.3. The number of aromatic nitrogens is 3. The Morgan fingerprint density at radius 2 is 1.62 bits per heavy atom. The molecule has 0 amide bonds. The normalized spacial score (nSPS) is 17.0. The van der Waals surface area contributed by atoms with Crippen molar-refractivity contribution in [3.63, 3.8) is 0 Å². The zero-order valence-electron chi connectivity index (χ0n) is 30.6. The van der Waals surface area contributed by atoms with E-state index in [0.29, 0.717) is 30.8 Å². The van der Waals surface area contributed by atoms with Gasteiger partial charge in [0.1, 0.15) is 17.7 Å². The zero-order valence-corrected chi connectivity index (χ0v) is 30.6. The van der Waals surface area contributed by atoms with E-state index in [-0.39, 0.29) is 36.2 Å². The average Bonchev–Trinajstić information content (AvgIpc) is 3.53. The summed E-state index contributed by atoms with van der Waals surface area (Å²) in [7, 11) is 0. The molecule has 0 N–H and O–H groups in total. The van der Waals surface area contributed by atoms with Gasteiger partial charge in [-0.15, -0.1) is 0 Å². The number of carbonyl (C=O) groups is 1. The summed E-state index contributed by atoms with van der Waals surface area (Å²) in [5.41, 5.74) is 2.91. The van der Waals surface area contributed by atoms with Gasteiger partial charge in [-0.1, -0.05) is 89.1 Å². The molecule has 2 aromatic heterocycles. The number of rotatable bonds is 21. The van der Waals surface area contributed by atoms with Gasteiger partial charge in [-0.3, -0.25) is 14.2 Å². The quantitative estimate of drug-likeness (QED) is 0.0619. The summed E-state index contributed by atoms with van der Waals surface area (Å²) in [6.07, 6.45) is 20.6. The largest absolute Gasteiger partial charge is 0.438 e. The molecule has 276 valence electrons. The smallest absolute Gasteiger partial charge is 0.307 e. The van der Waals surface area contributed by atoms with E-state index in [1.165, 1.54) is 82.8 Å². The molecular formula is C40H59FN4O5. The SMILES string of the molecule is CCCCCCCCCCCCCCCC(=O)OCOC1CCCn2c1nc(C)c(CCN1CCC(c3noc4cc(F)ccc34)CC1)c2=O. The van der Waals surface area contributed by atoms with Gasteiger partial charge in [0.05, 0.1) is 5.69 Å². The number of halogens is 1. The van der Waals surface area contributed by atoms with Gasteiger partial charge in [-0.25, -0.2) is 9.37 Å². The van der Waals surface area contributed by atoms with E-state index in [0.717, 1.165) is 80.5 Å². The van der Waals surface area contributed by atoms with Crippen molar-refractivity contribution in [1.29, 1.82) is 0 Å². The molecular weight excluding hydrogens is 635 g/mol. The molecule has 1 saturated heterocycles. The maximum absolute atomic E-state index is 13.6. The summed E-state index contributed by atoms with van der Waals surface area (Å²) in [6, 6.07) is 4.60. The van der Waals surface area contributed by atoms with Crippen molar-refractivity contribution in [2.75, 3.05) is 26.4 Å². The maximum atomic E-state index is 13.6. The Hall–Kier alpha value is -3.11. The molecule has 1 atom stereocenters. The first-order valence-corrected chi connectivity index (χ1v) is 19.6. The predicted molar refractivity (Wildman–Crippen MR) is 194 cm³/mol. The number of carbonyl (C=O) groups excluding carboxylic acids is 1. The molecule has 0 bridgehead atoms. The van der Waals surface area contributed by atoms with Gasteiger partial charge in [-0.05, 0) is 70.7 Å². The van der Waals surface area contributed by atoms with Gasteiger partial charge in [0, 0.05) is 48.1 Å². The minimum atomic E-state index is -0.364. The fourth-order valence-corrected chi connectivity index (χ4v) is 7.66. The first kappa shape index (κ1) is 38.1. The number of aryl methyl sites for hydroxylation is 1. The number of benzene rings is 1. The predicted octanol–water partition coefficient (Wildman–Crippen LogP) is 9.09. The number of piperidine rings is 1. The number of hydrogen-bond acceptors (Lipinski definition) is 8. The van der Waals surface area contributed by atoms with E-state index in [9.17, 15) is 14.0 Å². The second-order valence-electron chi connectivity index (χ2n) is 14.5. The van der Waals surface area contributed by atoms with E-state index in [4.69, 9.17) is 19.0 Å². The third kappa shape index (κ3) is 10.9. The van der Waals surface area contributed by atoms with Gasteiger partial charge in [-0.2, -0.15) is 0 Å². The van der Waals surface area contributed by atoms with Crippen LogP contribution in [-0.2, 0) is 27.2 Å². The van der Waals surface area contributed by atoms with E-state index in [1.54, 1.807) is 10.6 Å². The number of hydrogen-bond donors (Lipinski definition) is 0. The number of nitrogens with zero attached hydrogens (tertiary/aromatic N) is 4. The fourth-order valence-electron chi connectivity index (χ4n) is 7.66. The Morgan fingerprint density at radius 1 is 0.940 bits per heavy atom. The number of likely N-dealkylation sites (tertiary alicyclic amines) is 1. The molecule has 0 spiro atoms. The van der Waals surface area contributed by atoms with Crippen LogP contribution in [0.4, 0.5) is 4.39 Å². The maximum Gasteiger partial charge on any atom is 0.307 e. The molecule has 2 aliphatic heterocycles. The second kappa shape index (κ2) is 20.1. The van der Waals surface area contributed by atoms with Crippen LogP contribution in [0.2, 0.25) is 0 Å². The van der Waals surface area contributed by atoms with Crippen LogP contribution < -0.4 is 5.56 Å². The molecule has 0 radical (unpaired) electrons. The highest BCUT2D eigenvalue weighted by Gasteiger charge is 2.28. The van der Waals surface area contributed by atoms with E-state index in [2.05, 4.69) is 17.0 Å². The molecule has 4 heterocycles. The number of fused-ring (bicyclic) bond motifs is 2. The molecule has 3 aromatic rings. The molecule has 9 nitrogen and oxygen atoms in total. The molecule has 1 fully saturated rings. The number of ether oxygens (including phenoxy) is 2. The summed E-state index contributed by atoms with van der Waals surface area (Å²) in [4.78, 5) is 33.2. The van der Waals surface area contributed by atoms with Crippen LogP contribution in [0.1, 0.15) is 157 Å². The van der Waals surface area contributed by atoms with Crippen molar-refractivity contribution in [1.82, 2.24) is 19.6 Å². The first-order valence-electron chi connectivity index (χ1n) is 19.6. The lowest BCUT2D eigenvalue weighted by Crippen LogP contribution is -2.38. The molecule has 2 aliphatic rings. The minimum Gasteiger partial charge on any atom is -0.438 e. The molecule has 10 heteroatoms. The lowest BCUT2D eigenvalue weighted by atomic mass is 9.91. The summed E-state index contributed by atoms with van der Waals surface area (Å²) >= 11 is 0. The van der Waals surface area contributed by atoms with Gasteiger partial charge < -0.3 is 18.9 Å². The van der Waals surface area contributed by atoms with Crippen molar-refractivity contribution < 1.29 is 23.2 Å². The van der Waals surface area contributed by atoms with Gasteiger partial charge in [0.25, 0.3) is 5.56 Å². The van der Waals surface area contributed by atoms with Crippen LogP contribution in [0.3, 0.4) is 0 Å². The summed E-state index contributed by atoms with van der Waals surface area (Å²) in [5.74, 6) is 0.355. The van der Waals surface area contributed by atoms with E-state index >= 15 is 0 Å². The summed E-state index contributed by atoms with van der Waals surface area (Å²) in [5, 5.41) is 5.15. The van der Waals surface area contributed by atoms with Crippen LogP contribution in [0, 0.1) is 12.7 Å². The Balaban J connectivity index is 0.978. The summed E-state index contributed by atoms with van der Waals surface area (Å²) in [6.45, 7) is 7.25. The molecule has 1 aromatic carbocycles. The van der Waals surface area contributed by atoms with Crippen LogP contribution in [0.15, 0.2) is 27.5 Å². The highest BCUT2D eigenvalue weighted by molar-refractivity contribution is 5.79. The Labute approximate surface area is 297 Å². The number of unbranched alkanes of at least 4 members (excludes halogenated alkanes) is 12. The lowest BCUT2D eigenvalue weighted by Gasteiger charge is -2.31. The van der Waals surface area contributed by atoms with Crippen LogP contribution in [-0.4, -0.2) is 52.0 Å². The van der Waals surface area contributed by atoms with Crippen molar-refractivity contribution in [2.45, 2.75) is 154 Å². The zero-order chi connectivity index (χ0) is 35.1. The first-order chi connectivity index (χ1) is 24.4. The standard InChI is InChI=1S/C40H59FN4O5/c1-3-4-5-6-7-8-9-10-11-12-13-14-15-18-37(46)49-29-48-35-17-16-24-45-39(35)42-30(2)33(40(45)47)23-27-44-25-21-31(22-26-44)38-34-20-19-32(41)28-36(34)50-43-38/h19-20,28,31,35H,3-18,21-27,29H2,1-2H3. The second-order valence-corrected chi connectivity index (χ2v) is 14.5. The minimum absolute atomic E-state index is 0.0105. The molecule has 0 aliphatic carbocycles.